The third kappa shape index (κ3) is 3.02. The molecule has 4 nitrogen and oxygen atoms in total. The molecule has 0 unspecified atom stereocenters. The molecule has 0 aromatic carbocycles. The van der Waals surface area contributed by atoms with Gasteiger partial charge in [0.15, 0.2) is 17.3 Å². The molecular formula is C8H3F6NO3. The van der Waals surface area contributed by atoms with Crippen molar-refractivity contribution in [3.63, 3.8) is 0 Å². The van der Waals surface area contributed by atoms with Gasteiger partial charge < -0.3 is 9.84 Å². The Labute approximate surface area is 94.8 Å². The van der Waals surface area contributed by atoms with Crippen LogP contribution in [0.4, 0.5) is 26.3 Å². The van der Waals surface area contributed by atoms with Crippen LogP contribution in [0.3, 0.4) is 0 Å². The van der Waals surface area contributed by atoms with E-state index < -0.39 is 41.6 Å². The lowest BCUT2D eigenvalue weighted by atomic mass is 10.2. The molecule has 0 amide bonds. The van der Waals surface area contributed by atoms with E-state index in [2.05, 4.69) is 9.72 Å². The van der Waals surface area contributed by atoms with Crippen LogP contribution in [0.2, 0.25) is 0 Å². The van der Waals surface area contributed by atoms with Gasteiger partial charge >= 0.3 is 12.3 Å². The first kappa shape index (κ1) is 14.1. The van der Waals surface area contributed by atoms with Crippen molar-refractivity contribution < 1.29 is 41.0 Å². The van der Waals surface area contributed by atoms with Gasteiger partial charge in [0.05, 0.1) is 11.8 Å². The van der Waals surface area contributed by atoms with E-state index in [1.165, 1.54) is 0 Å². The van der Waals surface area contributed by atoms with Crippen molar-refractivity contribution in [2.45, 2.75) is 12.8 Å². The third-order valence-corrected chi connectivity index (χ3v) is 1.67. The predicted octanol–water partition coefficient (Wildman–Crippen LogP) is 2.76. The fourth-order valence-corrected chi connectivity index (χ4v) is 1.04. The number of carboxylic acids is 1. The minimum absolute atomic E-state index is 0.0709. The van der Waals surface area contributed by atoms with Crippen molar-refractivity contribution in [3.8, 4) is 5.75 Å². The molecule has 0 radical (unpaired) electrons. The second-order valence-electron chi connectivity index (χ2n) is 2.85. The maximum Gasteiger partial charge on any atom is 0.573 e. The molecule has 0 atom stereocenters. The third-order valence-electron chi connectivity index (χ3n) is 1.67. The fraction of sp³-hybridized carbons (Fsp3) is 0.250. The number of aromatic carboxylic acids is 1. The molecule has 0 aliphatic heterocycles. The van der Waals surface area contributed by atoms with Gasteiger partial charge in [-0.05, 0) is 0 Å². The molecule has 0 aliphatic rings. The van der Waals surface area contributed by atoms with Crippen molar-refractivity contribution in [3.05, 3.63) is 23.3 Å². The molecule has 18 heavy (non-hydrogen) atoms. The Kier molecular flexibility index (Phi) is 3.67. The molecule has 1 aromatic heterocycles. The minimum Gasteiger partial charge on any atom is -0.476 e. The molecule has 1 heterocycles. The Hall–Kier alpha value is -2.00. The molecule has 0 aliphatic carbocycles. The molecule has 100 valence electrons. The van der Waals surface area contributed by atoms with E-state index in [-0.39, 0.29) is 6.20 Å². The van der Waals surface area contributed by atoms with Crippen LogP contribution >= 0.6 is 0 Å². The van der Waals surface area contributed by atoms with E-state index in [1.807, 2.05) is 0 Å². The highest BCUT2D eigenvalue weighted by atomic mass is 19.4. The summed E-state index contributed by atoms with van der Waals surface area (Å²) >= 11 is 0. The van der Waals surface area contributed by atoms with Gasteiger partial charge in [0, 0.05) is 0 Å². The van der Waals surface area contributed by atoms with Crippen molar-refractivity contribution in [1.82, 2.24) is 4.98 Å². The summed E-state index contributed by atoms with van der Waals surface area (Å²) in [6.45, 7) is 0. The standard InChI is InChI=1S/C8H3F6NO3/c9-4-3(6(10)11)2(18-8(12,13)14)1-15-5(4)7(16)17/h1,6H,(H,16,17). The number of carbonyl (C=O) groups is 1. The average molecular weight is 275 g/mol. The van der Waals surface area contributed by atoms with Gasteiger partial charge in [-0.25, -0.2) is 22.9 Å². The second-order valence-corrected chi connectivity index (χ2v) is 2.85. The monoisotopic (exact) mass is 275 g/mol. The van der Waals surface area contributed by atoms with Crippen LogP contribution in [-0.2, 0) is 0 Å². The second kappa shape index (κ2) is 4.70. The number of carboxylic acid groups (broad SMARTS) is 1. The Bertz CT molecular complexity index is 473. The summed E-state index contributed by atoms with van der Waals surface area (Å²) < 4.78 is 76.7. The van der Waals surface area contributed by atoms with Gasteiger partial charge in [-0.2, -0.15) is 0 Å². The quantitative estimate of drug-likeness (QED) is 0.862. The molecule has 0 saturated carbocycles. The lowest BCUT2D eigenvalue weighted by Crippen LogP contribution is -2.20. The number of halogens is 6. The van der Waals surface area contributed by atoms with Gasteiger partial charge in [-0.3, -0.25) is 0 Å². The summed E-state index contributed by atoms with van der Waals surface area (Å²) in [5.74, 6) is -5.65. The molecule has 0 spiro atoms. The number of hydrogen-bond donors (Lipinski definition) is 1. The van der Waals surface area contributed by atoms with Crippen molar-refractivity contribution in [1.29, 1.82) is 0 Å². The molecule has 0 saturated heterocycles. The first-order chi connectivity index (χ1) is 8.13. The summed E-state index contributed by atoms with van der Waals surface area (Å²) in [6, 6.07) is 0. The molecule has 1 N–H and O–H groups in total. The summed E-state index contributed by atoms with van der Waals surface area (Å²) in [4.78, 5) is 13.2. The number of pyridine rings is 1. The molecule has 0 fully saturated rings. The molecule has 0 bridgehead atoms. The van der Waals surface area contributed by atoms with Crippen LogP contribution in [0.25, 0.3) is 0 Å². The van der Waals surface area contributed by atoms with Gasteiger partial charge in [0.25, 0.3) is 6.43 Å². The Morgan fingerprint density at radius 3 is 2.33 bits per heavy atom. The fourth-order valence-electron chi connectivity index (χ4n) is 1.04. The molecule has 1 rings (SSSR count). The largest absolute Gasteiger partial charge is 0.573 e. The van der Waals surface area contributed by atoms with Crippen LogP contribution in [0.15, 0.2) is 6.20 Å². The summed E-state index contributed by atoms with van der Waals surface area (Å²) in [7, 11) is 0. The van der Waals surface area contributed by atoms with Gasteiger partial charge in [0.2, 0.25) is 0 Å². The number of hydrogen-bond acceptors (Lipinski definition) is 3. The zero-order valence-electron chi connectivity index (χ0n) is 8.13. The SMILES string of the molecule is O=C(O)c1ncc(OC(F)(F)F)c(C(F)F)c1F. The highest BCUT2D eigenvalue weighted by molar-refractivity contribution is 5.86. The molecule has 1 aromatic rings. The van der Waals surface area contributed by atoms with Crippen LogP contribution in [0.1, 0.15) is 22.5 Å². The van der Waals surface area contributed by atoms with Crippen molar-refractivity contribution in [2.75, 3.05) is 0 Å². The maximum atomic E-state index is 13.2. The number of rotatable bonds is 3. The summed E-state index contributed by atoms with van der Waals surface area (Å²) in [6.07, 6.45) is -8.95. The van der Waals surface area contributed by atoms with Crippen molar-refractivity contribution >= 4 is 5.97 Å². The van der Waals surface area contributed by atoms with Crippen LogP contribution in [0.5, 0.6) is 5.75 Å². The van der Waals surface area contributed by atoms with Gasteiger partial charge in [-0.15, -0.1) is 13.2 Å². The van der Waals surface area contributed by atoms with Crippen LogP contribution in [0, 0.1) is 5.82 Å². The summed E-state index contributed by atoms with van der Waals surface area (Å²) in [5.41, 5.74) is -3.22. The number of nitrogens with zero attached hydrogens (tertiary/aromatic N) is 1. The Morgan fingerprint density at radius 1 is 1.39 bits per heavy atom. The highest BCUT2D eigenvalue weighted by Crippen LogP contribution is 2.35. The number of alkyl halides is 5. The lowest BCUT2D eigenvalue weighted by molar-refractivity contribution is -0.275. The Balaban J connectivity index is 3.37. The van der Waals surface area contributed by atoms with E-state index >= 15 is 0 Å². The zero-order chi connectivity index (χ0) is 14.1. The first-order valence-corrected chi connectivity index (χ1v) is 4.09. The van der Waals surface area contributed by atoms with Gasteiger partial charge in [-0.1, -0.05) is 0 Å². The normalized spacial score (nSPS) is 11.7. The van der Waals surface area contributed by atoms with E-state index in [1.54, 1.807) is 0 Å². The Morgan fingerprint density at radius 2 is 1.94 bits per heavy atom. The van der Waals surface area contributed by atoms with E-state index in [9.17, 15) is 31.1 Å². The average Bonchev–Trinajstić information content (AvgIpc) is 2.13. The molecule has 10 heteroatoms. The topological polar surface area (TPSA) is 59.4 Å². The summed E-state index contributed by atoms with van der Waals surface area (Å²) in [5, 5.41) is 8.38. The van der Waals surface area contributed by atoms with E-state index in [0.29, 0.717) is 0 Å². The zero-order valence-corrected chi connectivity index (χ0v) is 8.13. The van der Waals surface area contributed by atoms with Gasteiger partial charge in [0.1, 0.15) is 0 Å². The lowest BCUT2D eigenvalue weighted by Gasteiger charge is -2.13. The maximum absolute atomic E-state index is 13.2. The molecular weight excluding hydrogens is 272 g/mol. The first-order valence-electron chi connectivity index (χ1n) is 4.09. The van der Waals surface area contributed by atoms with Crippen LogP contribution in [-0.4, -0.2) is 22.4 Å². The van der Waals surface area contributed by atoms with E-state index in [0.717, 1.165) is 0 Å². The smallest absolute Gasteiger partial charge is 0.476 e. The highest BCUT2D eigenvalue weighted by Gasteiger charge is 2.35. The van der Waals surface area contributed by atoms with E-state index in [4.69, 9.17) is 5.11 Å². The number of ether oxygens (including phenoxy) is 1. The minimum atomic E-state index is -5.33. The van der Waals surface area contributed by atoms with Crippen LogP contribution < -0.4 is 4.74 Å². The predicted molar refractivity (Wildman–Crippen MR) is 42.8 cm³/mol. The van der Waals surface area contributed by atoms with Crippen molar-refractivity contribution in [2.24, 2.45) is 0 Å². The number of aromatic nitrogens is 1.